The van der Waals surface area contributed by atoms with E-state index in [1.165, 1.54) is 0 Å². The van der Waals surface area contributed by atoms with Crippen molar-refractivity contribution < 1.29 is 0 Å². The van der Waals surface area contributed by atoms with Crippen molar-refractivity contribution in [1.29, 1.82) is 5.26 Å². The molecule has 0 spiro atoms. The Labute approximate surface area is 123 Å². The molecule has 3 aromatic rings. The fourth-order valence-electron chi connectivity index (χ4n) is 2.87. The molecule has 3 nitrogen and oxygen atoms in total. The zero-order chi connectivity index (χ0) is 15.2. The molecule has 0 aliphatic rings. The highest BCUT2D eigenvalue weighted by Gasteiger charge is 2.20. The van der Waals surface area contributed by atoms with Crippen LogP contribution in [-0.4, -0.2) is 4.57 Å². The van der Waals surface area contributed by atoms with E-state index in [4.69, 9.17) is 11.8 Å². The lowest BCUT2D eigenvalue weighted by Crippen LogP contribution is -2.21. The average Bonchev–Trinajstić information content (AvgIpc) is 2.79. The highest BCUT2D eigenvalue weighted by molar-refractivity contribution is 6.09. The van der Waals surface area contributed by atoms with Crippen LogP contribution >= 0.6 is 0 Å². The molecular weight excluding hydrogens is 258 g/mol. The maximum absolute atomic E-state index is 9.13. The largest absolute Gasteiger partial charge is 0.335 e. The quantitative estimate of drug-likeness (QED) is 0.532. The number of aromatic nitrogens is 1. The minimum Gasteiger partial charge on any atom is -0.335 e. The number of rotatable bonds is 0. The summed E-state index contributed by atoms with van der Waals surface area (Å²) < 4.78 is 2.27. The van der Waals surface area contributed by atoms with Crippen molar-refractivity contribution in [1.82, 2.24) is 4.57 Å². The van der Waals surface area contributed by atoms with Crippen LogP contribution in [-0.2, 0) is 5.54 Å². The lowest BCUT2D eigenvalue weighted by molar-refractivity contribution is 0.423. The summed E-state index contributed by atoms with van der Waals surface area (Å²) in [6.07, 6.45) is 0. The minimum absolute atomic E-state index is 0.0756. The Hall–Kier alpha value is -2.78. The zero-order valence-corrected chi connectivity index (χ0v) is 12.3. The Morgan fingerprint density at radius 3 is 2.24 bits per heavy atom. The third-order valence-corrected chi connectivity index (χ3v) is 3.68. The van der Waals surface area contributed by atoms with E-state index >= 15 is 0 Å². The summed E-state index contributed by atoms with van der Waals surface area (Å²) in [7, 11) is 0. The highest BCUT2D eigenvalue weighted by Crippen LogP contribution is 2.36. The molecule has 0 radical (unpaired) electrons. The van der Waals surface area contributed by atoms with E-state index in [0.29, 0.717) is 11.3 Å². The lowest BCUT2D eigenvalue weighted by atomic mass is 10.1. The van der Waals surface area contributed by atoms with Crippen LogP contribution in [0.2, 0.25) is 0 Å². The van der Waals surface area contributed by atoms with Crippen molar-refractivity contribution in [3.05, 3.63) is 53.4 Å². The Bertz CT molecular complexity index is 870. The van der Waals surface area contributed by atoms with E-state index < -0.39 is 0 Å². The molecule has 1 heterocycles. The summed E-state index contributed by atoms with van der Waals surface area (Å²) in [5.41, 5.74) is 3.38. The van der Waals surface area contributed by atoms with Crippen LogP contribution in [0.25, 0.3) is 26.7 Å². The molecule has 0 fully saturated rings. The van der Waals surface area contributed by atoms with Crippen molar-refractivity contribution in [2.45, 2.75) is 26.3 Å². The molecule has 0 N–H and O–H groups in total. The van der Waals surface area contributed by atoms with Crippen LogP contribution in [0.1, 0.15) is 26.3 Å². The lowest BCUT2D eigenvalue weighted by Gasteiger charge is -2.24. The first-order valence-corrected chi connectivity index (χ1v) is 6.82. The summed E-state index contributed by atoms with van der Waals surface area (Å²) >= 11 is 0. The van der Waals surface area contributed by atoms with E-state index in [1.54, 1.807) is 0 Å². The van der Waals surface area contributed by atoms with Gasteiger partial charge in [0.05, 0.1) is 18.2 Å². The molecule has 3 rings (SSSR count). The summed E-state index contributed by atoms with van der Waals surface area (Å²) in [6.45, 7) is 13.7. The maximum atomic E-state index is 9.13. The van der Waals surface area contributed by atoms with Gasteiger partial charge in [0, 0.05) is 22.0 Å². The number of hydrogen-bond acceptors (Lipinski definition) is 1. The van der Waals surface area contributed by atoms with Gasteiger partial charge in [-0.15, -0.1) is 0 Å². The van der Waals surface area contributed by atoms with Crippen LogP contribution in [0.15, 0.2) is 36.4 Å². The highest BCUT2D eigenvalue weighted by atomic mass is 15.0. The Kier molecular flexibility index (Phi) is 2.75. The molecule has 0 atom stereocenters. The second-order valence-corrected chi connectivity index (χ2v) is 6.16. The summed E-state index contributed by atoms with van der Waals surface area (Å²) in [4.78, 5) is 3.52. The molecule has 0 amide bonds. The van der Waals surface area contributed by atoms with Gasteiger partial charge < -0.3 is 4.57 Å². The number of fused-ring (bicyclic) bond motifs is 3. The molecule has 0 saturated carbocycles. The topological polar surface area (TPSA) is 33.1 Å². The standard InChI is InChI=1S/C18H15N3/c1-18(2,3)21-16-7-5-12(11-19)9-14(16)15-10-13(20-4)6-8-17(15)21/h5-10H,1-3H3. The molecule has 0 aliphatic heterocycles. The number of nitriles is 1. The third-order valence-electron chi connectivity index (χ3n) is 3.68. The summed E-state index contributed by atoms with van der Waals surface area (Å²) in [5.74, 6) is 0. The van der Waals surface area contributed by atoms with Gasteiger partial charge in [-0.2, -0.15) is 5.26 Å². The third kappa shape index (κ3) is 1.95. The predicted molar refractivity (Wildman–Crippen MR) is 85.4 cm³/mol. The van der Waals surface area contributed by atoms with E-state index in [0.717, 1.165) is 21.8 Å². The fraction of sp³-hybridized carbons (Fsp3) is 0.222. The second-order valence-electron chi connectivity index (χ2n) is 6.16. The molecule has 0 bridgehead atoms. The predicted octanol–water partition coefficient (Wildman–Crippen LogP) is 4.97. The Morgan fingerprint density at radius 2 is 1.67 bits per heavy atom. The van der Waals surface area contributed by atoms with Crippen molar-refractivity contribution in [3.8, 4) is 6.07 Å². The maximum Gasteiger partial charge on any atom is 0.188 e. The van der Waals surface area contributed by atoms with Crippen LogP contribution in [0.4, 0.5) is 5.69 Å². The minimum atomic E-state index is -0.0756. The van der Waals surface area contributed by atoms with Crippen molar-refractivity contribution in [3.63, 3.8) is 0 Å². The van der Waals surface area contributed by atoms with E-state index in [2.05, 4.69) is 36.3 Å². The van der Waals surface area contributed by atoms with Gasteiger partial charge in [0.25, 0.3) is 0 Å². The summed E-state index contributed by atoms with van der Waals surface area (Å²) in [5, 5.41) is 11.2. The molecule has 0 unspecified atom stereocenters. The molecule has 3 heteroatoms. The zero-order valence-electron chi connectivity index (χ0n) is 12.3. The molecule has 102 valence electrons. The van der Waals surface area contributed by atoms with Crippen molar-refractivity contribution >= 4 is 27.5 Å². The second kappa shape index (κ2) is 4.36. The molecule has 1 aromatic heterocycles. The Morgan fingerprint density at radius 1 is 1.05 bits per heavy atom. The van der Waals surface area contributed by atoms with Gasteiger partial charge in [-0.3, -0.25) is 0 Å². The van der Waals surface area contributed by atoms with E-state index in [1.807, 2.05) is 36.4 Å². The van der Waals surface area contributed by atoms with E-state index in [-0.39, 0.29) is 5.54 Å². The van der Waals surface area contributed by atoms with Crippen LogP contribution in [0, 0.1) is 17.9 Å². The number of benzene rings is 2. The normalized spacial score (nSPS) is 11.5. The smallest absolute Gasteiger partial charge is 0.188 e. The molecular formula is C18H15N3. The van der Waals surface area contributed by atoms with Crippen molar-refractivity contribution in [2.24, 2.45) is 0 Å². The molecule has 0 aliphatic carbocycles. The van der Waals surface area contributed by atoms with Crippen LogP contribution in [0.5, 0.6) is 0 Å². The monoisotopic (exact) mass is 273 g/mol. The Balaban J connectivity index is 2.56. The van der Waals surface area contributed by atoms with Gasteiger partial charge in [-0.05, 0) is 56.5 Å². The van der Waals surface area contributed by atoms with Crippen molar-refractivity contribution in [2.75, 3.05) is 0 Å². The fourth-order valence-corrected chi connectivity index (χ4v) is 2.87. The van der Waals surface area contributed by atoms with Gasteiger partial charge in [-0.25, -0.2) is 4.85 Å². The van der Waals surface area contributed by atoms with Gasteiger partial charge in [0.15, 0.2) is 5.69 Å². The number of hydrogen-bond donors (Lipinski definition) is 0. The molecule has 2 aromatic carbocycles. The van der Waals surface area contributed by atoms with Crippen LogP contribution in [0.3, 0.4) is 0 Å². The number of nitrogens with zero attached hydrogens (tertiary/aromatic N) is 3. The molecule has 0 saturated heterocycles. The van der Waals surface area contributed by atoms with Gasteiger partial charge in [0.2, 0.25) is 0 Å². The first kappa shape index (κ1) is 13.2. The first-order chi connectivity index (χ1) is 9.95. The first-order valence-electron chi connectivity index (χ1n) is 6.82. The SMILES string of the molecule is [C-]#[N+]c1ccc2c(c1)c1cc(C#N)ccc1n2C(C)(C)C. The van der Waals surface area contributed by atoms with E-state index in [9.17, 15) is 0 Å². The average molecular weight is 273 g/mol. The van der Waals surface area contributed by atoms with Gasteiger partial charge in [-0.1, -0.05) is 6.07 Å². The summed E-state index contributed by atoms with van der Waals surface area (Å²) in [6, 6.07) is 13.7. The van der Waals surface area contributed by atoms with Gasteiger partial charge >= 0.3 is 0 Å². The van der Waals surface area contributed by atoms with Gasteiger partial charge in [0.1, 0.15) is 0 Å². The van der Waals surface area contributed by atoms with Crippen LogP contribution < -0.4 is 0 Å². The molecule has 21 heavy (non-hydrogen) atoms.